The second-order valence-electron chi connectivity index (χ2n) is 11.5. The van der Waals surface area contributed by atoms with E-state index in [0.29, 0.717) is 15.6 Å². The maximum absolute atomic E-state index is 14.3. The van der Waals surface area contributed by atoms with Crippen LogP contribution in [-0.4, -0.2) is 55.1 Å². The molecule has 0 saturated heterocycles. The van der Waals surface area contributed by atoms with Crippen LogP contribution in [-0.2, 0) is 32.6 Å². The van der Waals surface area contributed by atoms with Gasteiger partial charge < -0.3 is 10.2 Å². The molecule has 1 aliphatic carbocycles. The van der Waals surface area contributed by atoms with E-state index in [1.54, 1.807) is 30.3 Å². The van der Waals surface area contributed by atoms with E-state index in [4.69, 9.17) is 23.2 Å². The van der Waals surface area contributed by atoms with Crippen LogP contribution >= 0.6 is 23.2 Å². The van der Waals surface area contributed by atoms with E-state index < -0.39 is 28.5 Å². The van der Waals surface area contributed by atoms with Gasteiger partial charge in [0.25, 0.3) is 0 Å². The molecule has 45 heavy (non-hydrogen) atoms. The van der Waals surface area contributed by atoms with Crippen molar-refractivity contribution in [2.24, 2.45) is 0 Å². The summed E-state index contributed by atoms with van der Waals surface area (Å²) in [5, 5.41) is 5.57. The number of nitrogens with zero attached hydrogens (tertiary/aromatic N) is 2. The molecule has 1 fully saturated rings. The Morgan fingerprint density at radius 3 is 2.18 bits per heavy atom. The second-order valence-corrected chi connectivity index (χ2v) is 14.4. The Hall–Kier alpha value is -3.43. The lowest BCUT2D eigenvalue weighted by atomic mass is 9.94. The van der Waals surface area contributed by atoms with Crippen molar-refractivity contribution in [2.75, 3.05) is 13.6 Å². The molecule has 1 atom stereocenters. The minimum atomic E-state index is -4.04. The first-order valence-electron chi connectivity index (χ1n) is 15.2. The highest BCUT2D eigenvalue weighted by molar-refractivity contribution is 7.89. The predicted octanol–water partition coefficient (Wildman–Crippen LogP) is 6.86. The van der Waals surface area contributed by atoms with Crippen molar-refractivity contribution in [1.29, 1.82) is 0 Å². The van der Waals surface area contributed by atoms with Crippen LogP contribution in [0.2, 0.25) is 10.0 Å². The fraction of sp³-hybridized carbons (Fsp3) is 0.314. The summed E-state index contributed by atoms with van der Waals surface area (Å²) in [5.41, 5.74) is 1.35. The van der Waals surface area contributed by atoms with Gasteiger partial charge in [0.15, 0.2) is 0 Å². The first-order valence-corrected chi connectivity index (χ1v) is 17.3. The Morgan fingerprint density at radius 1 is 0.844 bits per heavy atom. The quantitative estimate of drug-likeness (QED) is 0.190. The molecule has 0 aliphatic heterocycles. The van der Waals surface area contributed by atoms with Crippen molar-refractivity contribution in [3.05, 3.63) is 112 Å². The van der Waals surface area contributed by atoms with Crippen molar-refractivity contribution in [3.8, 4) is 0 Å². The van der Waals surface area contributed by atoms with Gasteiger partial charge in [-0.05, 0) is 53.4 Å². The summed E-state index contributed by atoms with van der Waals surface area (Å²) in [7, 11) is -2.67. The Balaban J connectivity index is 1.48. The molecule has 7 nitrogen and oxygen atoms in total. The average molecular weight is 667 g/mol. The van der Waals surface area contributed by atoms with E-state index in [2.05, 4.69) is 5.32 Å². The van der Waals surface area contributed by atoms with Crippen LogP contribution in [0.5, 0.6) is 0 Å². The predicted molar refractivity (Wildman–Crippen MR) is 180 cm³/mol. The van der Waals surface area contributed by atoms with E-state index in [1.807, 2.05) is 54.6 Å². The van der Waals surface area contributed by atoms with Crippen LogP contribution in [0.25, 0.3) is 10.8 Å². The summed E-state index contributed by atoms with van der Waals surface area (Å²) >= 11 is 13.1. The molecule has 0 heterocycles. The first kappa shape index (κ1) is 32.9. The number of amides is 2. The minimum absolute atomic E-state index is 0.0151. The van der Waals surface area contributed by atoms with Crippen LogP contribution in [0.4, 0.5) is 0 Å². The number of likely N-dealkylation sites (N-methyl/N-ethyl adjacent to an activating group) is 1. The minimum Gasteiger partial charge on any atom is -0.352 e. The van der Waals surface area contributed by atoms with Crippen LogP contribution in [0, 0.1) is 0 Å². The lowest BCUT2D eigenvalue weighted by Crippen LogP contribution is -2.54. The zero-order chi connectivity index (χ0) is 32.0. The van der Waals surface area contributed by atoms with Gasteiger partial charge in [0.05, 0.1) is 11.4 Å². The lowest BCUT2D eigenvalue weighted by molar-refractivity contribution is -0.141. The van der Waals surface area contributed by atoms with Gasteiger partial charge in [-0.3, -0.25) is 9.59 Å². The Morgan fingerprint density at radius 2 is 1.49 bits per heavy atom. The topological polar surface area (TPSA) is 86.8 Å². The normalized spacial score (nSPS) is 14.8. The SMILES string of the molecule is CN(CC(=O)N(Cc1c(Cl)cccc1Cl)C(Cc1ccccc1)C(=O)NC1CCCCC1)S(=O)(=O)c1ccc2ccccc2c1. The molecule has 1 N–H and O–H groups in total. The highest BCUT2D eigenvalue weighted by atomic mass is 35.5. The Kier molecular flexibility index (Phi) is 10.8. The van der Waals surface area contributed by atoms with Gasteiger partial charge in [0, 0.05) is 41.7 Å². The van der Waals surface area contributed by atoms with Gasteiger partial charge in [-0.25, -0.2) is 8.42 Å². The molecule has 4 aromatic rings. The summed E-state index contributed by atoms with van der Waals surface area (Å²) in [6.07, 6.45) is 5.18. The molecule has 0 aromatic heterocycles. The number of fused-ring (bicyclic) bond motifs is 1. The molecule has 1 saturated carbocycles. The van der Waals surface area contributed by atoms with Crippen LogP contribution in [0.3, 0.4) is 0 Å². The molecule has 0 bridgehead atoms. The lowest BCUT2D eigenvalue weighted by Gasteiger charge is -2.34. The molecule has 5 rings (SSSR count). The molecule has 236 valence electrons. The number of benzene rings is 4. The van der Waals surface area contributed by atoms with E-state index in [1.165, 1.54) is 18.0 Å². The van der Waals surface area contributed by atoms with Gasteiger partial charge in [-0.1, -0.05) is 109 Å². The second kappa shape index (κ2) is 14.8. The highest BCUT2D eigenvalue weighted by Gasteiger charge is 2.34. The van der Waals surface area contributed by atoms with Crippen molar-refractivity contribution >= 4 is 55.8 Å². The van der Waals surface area contributed by atoms with Crippen LogP contribution in [0.15, 0.2) is 95.9 Å². The van der Waals surface area contributed by atoms with E-state index in [0.717, 1.165) is 52.7 Å². The molecule has 0 spiro atoms. The fourth-order valence-corrected chi connectivity index (χ4v) is 7.50. The molecule has 1 unspecified atom stereocenters. The van der Waals surface area contributed by atoms with Crippen molar-refractivity contribution in [2.45, 2.75) is 62.0 Å². The first-order chi connectivity index (χ1) is 21.6. The number of hydrogen-bond donors (Lipinski definition) is 1. The number of halogens is 2. The summed E-state index contributed by atoms with van der Waals surface area (Å²) in [5.74, 6) is -0.833. The molecule has 2 amide bonds. The summed E-state index contributed by atoms with van der Waals surface area (Å²) in [6.45, 7) is -0.560. The third-order valence-electron chi connectivity index (χ3n) is 8.40. The zero-order valence-electron chi connectivity index (χ0n) is 25.2. The smallest absolute Gasteiger partial charge is 0.243 e. The maximum Gasteiger partial charge on any atom is 0.243 e. The Bertz CT molecular complexity index is 1740. The van der Waals surface area contributed by atoms with Crippen LogP contribution < -0.4 is 5.32 Å². The number of sulfonamides is 1. The average Bonchev–Trinajstić information content (AvgIpc) is 3.04. The van der Waals surface area contributed by atoms with Gasteiger partial charge in [-0.15, -0.1) is 0 Å². The number of carbonyl (C=O) groups is 2. The van der Waals surface area contributed by atoms with Crippen molar-refractivity contribution in [3.63, 3.8) is 0 Å². The maximum atomic E-state index is 14.3. The number of hydrogen-bond acceptors (Lipinski definition) is 4. The largest absolute Gasteiger partial charge is 0.352 e. The van der Waals surface area contributed by atoms with Crippen LogP contribution in [0.1, 0.15) is 43.2 Å². The number of rotatable bonds is 11. The number of carbonyl (C=O) groups excluding carboxylic acids is 2. The fourth-order valence-electron chi connectivity index (χ4n) is 5.83. The molecule has 10 heteroatoms. The molecule has 1 aliphatic rings. The standard InChI is InChI=1S/C35H37Cl2N3O4S/c1-39(45(43,44)29-20-19-26-13-8-9-14-27(26)22-29)24-34(41)40(23-30-31(36)17-10-18-32(30)37)33(21-25-11-4-2-5-12-25)35(42)38-28-15-6-3-7-16-28/h2,4-5,8-14,17-20,22,28,33H,3,6-7,15-16,21,23-24H2,1H3,(H,38,42). The van der Waals surface area contributed by atoms with Gasteiger partial charge in [0.1, 0.15) is 6.04 Å². The monoisotopic (exact) mass is 665 g/mol. The van der Waals surface area contributed by atoms with Gasteiger partial charge in [-0.2, -0.15) is 4.31 Å². The molecular formula is C35H37Cl2N3O4S. The summed E-state index contributed by atoms with van der Waals surface area (Å²) in [4.78, 5) is 29.8. The van der Waals surface area contributed by atoms with Gasteiger partial charge >= 0.3 is 0 Å². The zero-order valence-corrected chi connectivity index (χ0v) is 27.5. The third-order valence-corrected chi connectivity index (χ3v) is 10.9. The van der Waals surface area contributed by atoms with Crippen molar-refractivity contribution in [1.82, 2.24) is 14.5 Å². The van der Waals surface area contributed by atoms with Crippen molar-refractivity contribution < 1.29 is 18.0 Å². The number of nitrogens with one attached hydrogen (secondary N) is 1. The van der Waals surface area contributed by atoms with E-state index >= 15 is 0 Å². The summed E-state index contributed by atoms with van der Waals surface area (Å²) < 4.78 is 28.4. The molecule has 4 aromatic carbocycles. The third kappa shape index (κ3) is 8.05. The van der Waals surface area contributed by atoms with E-state index in [-0.39, 0.29) is 29.8 Å². The molecular weight excluding hydrogens is 629 g/mol. The highest BCUT2D eigenvalue weighted by Crippen LogP contribution is 2.28. The molecule has 0 radical (unpaired) electrons. The van der Waals surface area contributed by atoms with Gasteiger partial charge in [0.2, 0.25) is 21.8 Å². The summed E-state index contributed by atoms with van der Waals surface area (Å²) in [6, 6.07) is 26.0. The Labute approximate surface area is 275 Å². The van der Waals surface area contributed by atoms with E-state index in [9.17, 15) is 18.0 Å².